The molecule has 0 amide bonds. The predicted octanol–water partition coefficient (Wildman–Crippen LogP) is 3.39. The van der Waals surface area contributed by atoms with E-state index in [1.165, 1.54) is 32.1 Å². The fraction of sp³-hybridized carbons (Fsp3) is 0.833. The van der Waals surface area contributed by atoms with E-state index in [4.69, 9.17) is 0 Å². The van der Waals surface area contributed by atoms with Gasteiger partial charge in [-0.15, -0.1) is 0 Å². The predicted molar refractivity (Wildman–Crippen MR) is 50.8 cm³/mol. The summed E-state index contributed by atoms with van der Waals surface area (Å²) in [4.78, 5) is 0. The van der Waals surface area contributed by atoms with Gasteiger partial charge in [0.25, 0.3) is 0 Å². The normalized spacial score (nSPS) is 56.4. The molecule has 0 unspecified atom stereocenters. The van der Waals surface area contributed by atoms with Gasteiger partial charge in [0.1, 0.15) is 0 Å². The SMILES string of the molecule is C=C1CC[C@]2(C)[C@H]1[C@@H]1CCC[C@@H]12. The Labute approximate surface area is 75.0 Å². The Hall–Kier alpha value is -0.260. The first-order chi connectivity index (χ1) is 5.73. The van der Waals surface area contributed by atoms with Crippen LogP contribution in [-0.4, -0.2) is 0 Å². The lowest BCUT2D eigenvalue weighted by molar-refractivity contribution is -0.0493. The van der Waals surface area contributed by atoms with E-state index in [1.54, 1.807) is 5.57 Å². The largest absolute Gasteiger partial charge is 0.0995 e. The molecule has 3 aliphatic rings. The van der Waals surface area contributed by atoms with Crippen LogP contribution in [-0.2, 0) is 0 Å². The van der Waals surface area contributed by atoms with Gasteiger partial charge in [-0.1, -0.05) is 25.5 Å². The second kappa shape index (κ2) is 1.97. The third kappa shape index (κ3) is 0.582. The van der Waals surface area contributed by atoms with Crippen molar-refractivity contribution in [2.24, 2.45) is 23.2 Å². The summed E-state index contributed by atoms with van der Waals surface area (Å²) < 4.78 is 0. The van der Waals surface area contributed by atoms with Gasteiger partial charge >= 0.3 is 0 Å². The molecule has 0 aromatic carbocycles. The van der Waals surface area contributed by atoms with Crippen molar-refractivity contribution in [3.05, 3.63) is 12.2 Å². The molecule has 0 heteroatoms. The highest BCUT2D eigenvalue weighted by Crippen LogP contribution is 2.70. The number of hydrogen-bond donors (Lipinski definition) is 0. The van der Waals surface area contributed by atoms with Gasteiger partial charge in [-0.05, 0) is 48.9 Å². The van der Waals surface area contributed by atoms with Crippen LogP contribution in [0.2, 0.25) is 0 Å². The van der Waals surface area contributed by atoms with Crippen LogP contribution in [0.25, 0.3) is 0 Å². The van der Waals surface area contributed by atoms with Gasteiger partial charge in [-0.25, -0.2) is 0 Å². The Balaban J connectivity index is 1.97. The first-order valence-corrected chi connectivity index (χ1v) is 5.41. The molecule has 0 spiro atoms. The van der Waals surface area contributed by atoms with Crippen molar-refractivity contribution in [3.63, 3.8) is 0 Å². The average Bonchev–Trinajstić information content (AvgIpc) is 2.53. The molecular weight excluding hydrogens is 144 g/mol. The quantitative estimate of drug-likeness (QED) is 0.479. The summed E-state index contributed by atoms with van der Waals surface area (Å²) in [7, 11) is 0. The van der Waals surface area contributed by atoms with E-state index < -0.39 is 0 Å². The van der Waals surface area contributed by atoms with E-state index in [0.717, 1.165) is 17.8 Å². The van der Waals surface area contributed by atoms with Gasteiger partial charge in [-0.3, -0.25) is 0 Å². The first kappa shape index (κ1) is 7.17. The second-order valence-electron chi connectivity index (χ2n) is 5.34. The Morgan fingerprint density at radius 2 is 2.25 bits per heavy atom. The van der Waals surface area contributed by atoms with Crippen molar-refractivity contribution in [1.29, 1.82) is 0 Å². The van der Waals surface area contributed by atoms with Gasteiger partial charge in [0.05, 0.1) is 0 Å². The van der Waals surface area contributed by atoms with Crippen molar-refractivity contribution < 1.29 is 0 Å². The highest BCUT2D eigenvalue weighted by atomic mass is 14.7. The minimum atomic E-state index is 0.707. The van der Waals surface area contributed by atoms with E-state index in [2.05, 4.69) is 13.5 Å². The van der Waals surface area contributed by atoms with Gasteiger partial charge in [-0.2, -0.15) is 0 Å². The minimum Gasteiger partial charge on any atom is -0.0995 e. The molecule has 12 heavy (non-hydrogen) atoms. The van der Waals surface area contributed by atoms with Crippen LogP contribution in [0.3, 0.4) is 0 Å². The highest BCUT2D eigenvalue weighted by molar-refractivity contribution is 5.25. The summed E-state index contributed by atoms with van der Waals surface area (Å²) in [5.41, 5.74) is 2.29. The molecule has 3 fully saturated rings. The molecule has 0 aliphatic heterocycles. The molecule has 0 saturated heterocycles. The zero-order valence-electron chi connectivity index (χ0n) is 7.97. The summed E-state index contributed by atoms with van der Waals surface area (Å²) in [5, 5.41) is 0. The first-order valence-electron chi connectivity index (χ1n) is 5.41. The number of allylic oxidation sites excluding steroid dienone is 1. The van der Waals surface area contributed by atoms with Crippen LogP contribution in [0.4, 0.5) is 0 Å². The maximum Gasteiger partial charge on any atom is -0.0118 e. The van der Waals surface area contributed by atoms with Crippen molar-refractivity contribution in [2.75, 3.05) is 0 Å². The van der Waals surface area contributed by atoms with Crippen molar-refractivity contribution in [3.8, 4) is 0 Å². The van der Waals surface area contributed by atoms with Crippen molar-refractivity contribution >= 4 is 0 Å². The van der Waals surface area contributed by atoms with Gasteiger partial charge in [0.15, 0.2) is 0 Å². The van der Waals surface area contributed by atoms with Crippen LogP contribution in [0, 0.1) is 23.2 Å². The molecule has 0 heterocycles. The molecule has 0 aromatic heterocycles. The summed E-state index contributed by atoms with van der Waals surface area (Å²) in [6, 6.07) is 0. The van der Waals surface area contributed by atoms with Crippen LogP contribution in [0.15, 0.2) is 12.2 Å². The lowest BCUT2D eigenvalue weighted by Gasteiger charge is -2.55. The Morgan fingerprint density at radius 3 is 3.08 bits per heavy atom. The van der Waals surface area contributed by atoms with Crippen LogP contribution in [0.5, 0.6) is 0 Å². The fourth-order valence-corrected chi connectivity index (χ4v) is 4.50. The monoisotopic (exact) mass is 162 g/mol. The van der Waals surface area contributed by atoms with Crippen molar-refractivity contribution in [2.45, 2.75) is 39.0 Å². The van der Waals surface area contributed by atoms with Crippen LogP contribution < -0.4 is 0 Å². The maximum atomic E-state index is 4.24. The zero-order valence-corrected chi connectivity index (χ0v) is 7.97. The smallest absolute Gasteiger partial charge is 0.0118 e. The highest BCUT2D eigenvalue weighted by Gasteiger charge is 2.62. The maximum absolute atomic E-state index is 4.24. The molecule has 0 bridgehead atoms. The van der Waals surface area contributed by atoms with Crippen molar-refractivity contribution in [1.82, 2.24) is 0 Å². The van der Waals surface area contributed by atoms with Gasteiger partial charge in [0.2, 0.25) is 0 Å². The molecule has 0 N–H and O–H groups in total. The Bertz CT molecular complexity index is 240. The number of fused-ring (bicyclic) bond motifs is 4. The minimum absolute atomic E-state index is 0.707. The van der Waals surface area contributed by atoms with E-state index in [0.29, 0.717) is 5.41 Å². The summed E-state index contributed by atoms with van der Waals surface area (Å²) in [6.45, 7) is 6.76. The molecule has 66 valence electrons. The van der Waals surface area contributed by atoms with E-state index in [1.807, 2.05) is 0 Å². The van der Waals surface area contributed by atoms with Gasteiger partial charge in [0, 0.05) is 0 Å². The zero-order chi connectivity index (χ0) is 8.34. The molecule has 3 saturated carbocycles. The summed E-state index contributed by atoms with van der Waals surface area (Å²) in [5.74, 6) is 3.08. The van der Waals surface area contributed by atoms with E-state index in [9.17, 15) is 0 Å². The Morgan fingerprint density at radius 1 is 1.42 bits per heavy atom. The van der Waals surface area contributed by atoms with E-state index >= 15 is 0 Å². The molecule has 0 radical (unpaired) electrons. The lowest BCUT2D eigenvalue weighted by Crippen LogP contribution is -2.49. The summed E-state index contributed by atoms with van der Waals surface area (Å²) in [6.07, 6.45) is 7.29. The topological polar surface area (TPSA) is 0 Å². The lowest BCUT2D eigenvalue weighted by atomic mass is 9.49. The standard InChI is InChI=1S/C12H18/c1-8-6-7-12(2)10-5-3-4-9(10)11(8)12/h9-11H,1,3-7H2,2H3/t9-,10+,11-,12+/m1/s1. The third-order valence-corrected chi connectivity index (χ3v) is 4.98. The molecule has 0 nitrogen and oxygen atoms in total. The average molecular weight is 162 g/mol. The van der Waals surface area contributed by atoms with Crippen LogP contribution >= 0.6 is 0 Å². The molecule has 4 atom stereocenters. The molecule has 0 aromatic rings. The van der Waals surface area contributed by atoms with Gasteiger partial charge < -0.3 is 0 Å². The van der Waals surface area contributed by atoms with Crippen LogP contribution in [0.1, 0.15) is 39.0 Å². The molecular formula is C12H18. The Kier molecular flexibility index (Phi) is 1.18. The summed E-state index contributed by atoms with van der Waals surface area (Å²) >= 11 is 0. The number of rotatable bonds is 0. The van der Waals surface area contributed by atoms with E-state index in [-0.39, 0.29) is 0 Å². The fourth-order valence-electron chi connectivity index (χ4n) is 4.50. The third-order valence-electron chi connectivity index (χ3n) is 4.98. The molecule has 3 rings (SSSR count). The number of hydrogen-bond acceptors (Lipinski definition) is 0. The second-order valence-corrected chi connectivity index (χ2v) is 5.34. The molecule has 3 aliphatic carbocycles.